The number of hydrogen-bond acceptors (Lipinski definition) is 5. The monoisotopic (exact) mass is 248 g/mol. The Morgan fingerprint density at radius 1 is 1.56 bits per heavy atom. The topological polar surface area (TPSA) is 89.9 Å². The molecule has 0 aliphatic carbocycles. The normalized spacial score (nSPS) is 10.3. The van der Waals surface area contributed by atoms with Crippen LogP contribution in [0.15, 0.2) is 23.3 Å². The van der Waals surface area contributed by atoms with E-state index in [1.54, 1.807) is 30.9 Å². The maximum Gasteiger partial charge on any atom is 0.345 e. The lowest BCUT2D eigenvalue weighted by Crippen LogP contribution is -2.21. The highest BCUT2D eigenvalue weighted by atomic mass is 16.5. The highest BCUT2D eigenvalue weighted by Crippen LogP contribution is 2.08. The zero-order valence-corrected chi connectivity index (χ0v) is 10.0. The van der Waals surface area contributed by atoms with Gasteiger partial charge in [-0.15, -0.1) is 0 Å². The Morgan fingerprint density at radius 2 is 2.33 bits per heavy atom. The van der Waals surface area contributed by atoms with Crippen LogP contribution in [-0.2, 0) is 11.8 Å². The molecule has 0 aliphatic heterocycles. The van der Waals surface area contributed by atoms with Crippen LogP contribution in [0.4, 0.5) is 0 Å². The second kappa shape index (κ2) is 4.82. The first-order valence-electron chi connectivity index (χ1n) is 5.38. The molecular weight excluding hydrogens is 236 g/mol. The fourth-order valence-electron chi connectivity index (χ4n) is 1.42. The van der Waals surface area contributed by atoms with Crippen molar-refractivity contribution >= 4 is 5.97 Å². The van der Waals surface area contributed by atoms with E-state index in [0.717, 1.165) is 0 Å². The van der Waals surface area contributed by atoms with E-state index in [1.807, 2.05) is 0 Å². The quantitative estimate of drug-likeness (QED) is 0.791. The number of aromatic nitrogens is 4. The van der Waals surface area contributed by atoms with E-state index >= 15 is 0 Å². The van der Waals surface area contributed by atoms with Crippen molar-refractivity contribution in [1.82, 2.24) is 19.7 Å². The third-order valence-electron chi connectivity index (χ3n) is 2.25. The molecule has 2 heterocycles. The summed E-state index contributed by atoms with van der Waals surface area (Å²) in [6.07, 6.45) is 2.93. The van der Waals surface area contributed by atoms with Gasteiger partial charge in [0, 0.05) is 19.4 Å². The molecule has 18 heavy (non-hydrogen) atoms. The van der Waals surface area contributed by atoms with Crippen molar-refractivity contribution in [2.24, 2.45) is 7.05 Å². The molecule has 0 amide bonds. The lowest BCUT2D eigenvalue weighted by Gasteiger charge is -2.01. The van der Waals surface area contributed by atoms with Crippen LogP contribution in [0.3, 0.4) is 0 Å². The first kappa shape index (κ1) is 12.0. The molecule has 2 rings (SSSR count). The number of ether oxygens (including phenoxy) is 1. The number of rotatable bonds is 3. The summed E-state index contributed by atoms with van der Waals surface area (Å²) in [6.45, 7) is 1.88. The minimum absolute atomic E-state index is 0.114. The molecule has 7 nitrogen and oxygen atoms in total. The Morgan fingerprint density at radius 3 is 2.89 bits per heavy atom. The molecule has 0 atom stereocenters. The fraction of sp³-hybridized carbons (Fsp3) is 0.273. The maximum absolute atomic E-state index is 11.7. The van der Waals surface area contributed by atoms with E-state index in [2.05, 4.69) is 15.1 Å². The highest BCUT2D eigenvalue weighted by molar-refractivity contribution is 5.88. The second-order valence-electron chi connectivity index (χ2n) is 3.57. The Bertz CT molecular complexity index is 629. The molecule has 0 saturated heterocycles. The van der Waals surface area contributed by atoms with Gasteiger partial charge >= 0.3 is 5.97 Å². The molecule has 2 aromatic rings. The van der Waals surface area contributed by atoms with Gasteiger partial charge in [-0.05, 0) is 13.0 Å². The van der Waals surface area contributed by atoms with Crippen molar-refractivity contribution in [2.75, 3.05) is 6.61 Å². The summed E-state index contributed by atoms with van der Waals surface area (Å²) in [4.78, 5) is 29.6. The Labute approximate surface area is 102 Å². The first-order chi connectivity index (χ1) is 8.61. The Balaban J connectivity index is 2.36. The minimum atomic E-state index is -0.682. The number of aromatic amines is 1. The average Bonchev–Trinajstić information content (AvgIpc) is 2.76. The van der Waals surface area contributed by atoms with Crippen LogP contribution in [0.2, 0.25) is 0 Å². The Hall–Kier alpha value is -2.44. The molecule has 2 aromatic heterocycles. The van der Waals surface area contributed by atoms with E-state index in [0.29, 0.717) is 11.5 Å². The van der Waals surface area contributed by atoms with Crippen molar-refractivity contribution in [3.63, 3.8) is 0 Å². The average molecular weight is 248 g/mol. The van der Waals surface area contributed by atoms with Gasteiger partial charge in [0.1, 0.15) is 11.3 Å². The van der Waals surface area contributed by atoms with Gasteiger partial charge in [-0.25, -0.2) is 9.78 Å². The minimum Gasteiger partial charge on any atom is -0.462 e. The van der Waals surface area contributed by atoms with E-state index in [4.69, 9.17) is 4.74 Å². The summed E-state index contributed by atoms with van der Waals surface area (Å²) in [7, 11) is 1.76. The number of esters is 1. The lowest BCUT2D eigenvalue weighted by molar-refractivity contribution is 0.0524. The van der Waals surface area contributed by atoms with Crippen molar-refractivity contribution in [1.29, 1.82) is 0 Å². The van der Waals surface area contributed by atoms with E-state index in [-0.39, 0.29) is 12.2 Å². The molecule has 94 valence electrons. The smallest absolute Gasteiger partial charge is 0.345 e. The molecule has 0 spiro atoms. The first-order valence-corrected chi connectivity index (χ1v) is 5.38. The SMILES string of the molecule is CCOC(=O)c1cnc(-c2ccn(C)n2)[nH]c1=O. The zero-order chi connectivity index (χ0) is 13.1. The maximum atomic E-state index is 11.7. The summed E-state index contributed by atoms with van der Waals surface area (Å²) >= 11 is 0. The summed E-state index contributed by atoms with van der Waals surface area (Å²) in [5, 5.41) is 4.10. The van der Waals surface area contributed by atoms with Crippen molar-refractivity contribution in [3.8, 4) is 11.5 Å². The van der Waals surface area contributed by atoms with E-state index in [9.17, 15) is 9.59 Å². The van der Waals surface area contributed by atoms with Crippen molar-refractivity contribution in [2.45, 2.75) is 6.92 Å². The van der Waals surface area contributed by atoms with Gasteiger partial charge in [0.25, 0.3) is 5.56 Å². The van der Waals surface area contributed by atoms with E-state index < -0.39 is 11.5 Å². The van der Waals surface area contributed by atoms with Crippen LogP contribution < -0.4 is 5.56 Å². The van der Waals surface area contributed by atoms with Crippen LogP contribution in [0.1, 0.15) is 17.3 Å². The van der Waals surface area contributed by atoms with Crippen LogP contribution in [0.5, 0.6) is 0 Å². The van der Waals surface area contributed by atoms with Gasteiger partial charge in [0.2, 0.25) is 0 Å². The predicted molar refractivity (Wildman–Crippen MR) is 63.0 cm³/mol. The number of nitrogens with zero attached hydrogens (tertiary/aromatic N) is 3. The molecule has 0 radical (unpaired) electrons. The van der Waals surface area contributed by atoms with Gasteiger partial charge in [-0.1, -0.05) is 0 Å². The molecule has 1 N–H and O–H groups in total. The molecule has 0 bridgehead atoms. The number of carbonyl (C=O) groups excluding carboxylic acids is 1. The molecule has 0 aliphatic rings. The van der Waals surface area contributed by atoms with E-state index in [1.165, 1.54) is 6.20 Å². The second-order valence-corrected chi connectivity index (χ2v) is 3.57. The highest BCUT2D eigenvalue weighted by Gasteiger charge is 2.14. The van der Waals surface area contributed by atoms with Crippen LogP contribution in [0.25, 0.3) is 11.5 Å². The van der Waals surface area contributed by atoms with Gasteiger partial charge in [-0.3, -0.25) is 9.48 Å². The molecule has 0 saturated carbocycles. The molecular formula is C11H12N4O3. The third kappa shape index (κ3) is 2.29. The van der Waals surface area contributed by atoms with Gasteiger partial charge in [-0.2, -0.15) is 5.10 Å². The fourth-order valence-corrected chi connectivity index (χ4v) is 1.42. The predicted octanol–water partition coefficient (Wildman–Crippen LogP) is 0.347. The number of H-pyrrole nitrogens is 1. The molecule has 7 heteroatoms. The summed E-state index contributed by atoms with van der Waals surface area (Å²) in [6, 6.07) is 1.71. The molecule has 0 aromatic carbocycles. The standard InChI is InChI=1S/C11H12N4O3/c1-3-18-11(17)7-6-12-9(13-10(7)16)8-4-5-15(2)14-8/h4-6H,3H2,1-2H3,(H,12,13,16). The Kier molecular flexibility index (Phi) is 3.22. The molecule has 0 fully saturated rings. The van der Waals surface area contributed by atoms with Crippen molar-refractivity contribution in [3.05, 3.63) is 34.4 Å². The third-order valence-corrected chi connectivity index (χ3v) is 2.25. The van der Waals surface area contributed by atoms with Crippen molar-refractivity contribution < 1.29 is 9.53 Å². The van der Waals surface area contributed by atoms with Crippen LogP contribution in [0, 0.1) is 0 Å². The summed E-state index contributed by atoms with van der Waals surface area (Å²) in [5.74, 6) is -0.368. The number of carbonyl (C=O) groups is 1. The molecule has 0 unspecified atom stereocenters. The van der Waals surface area contributed by atoms with Gasteiger partial charge in [0.05, 0.1) is 6.61 Å². The largest absolute Gasteiger partial charge is 0.462 e. The summed E-state index contributed by atoms with van der Waals surface area (Å²) < 4.78 is 6.33. The lowest BCUT2D eigenvalue weighted by atomic mass is 10.3. The van der Waals surface area contributed by atoms with Gasteiger partial charge in [0.15, 0.2) is 5.82 Å². The van der Waals surface area contributed by atoms with Crippen LogP contribution in [-0.4, -0.2) is 32.3 Å². The number of hydrogen-bond donors (Lipinski definition) is 1. The number of nitrogens with one attached hydrogen (secondary N) is 1. The number of aryl methyl sites for hydroxylation is 1. The van der Waals surface area contributed by atoms with Crippen LogP contribution >= 0.6 is 0 Å². The zero-order valence-electron chi connectivity index (χ0n) is 10.0. The van der Waals surface area contributed by atoms with Gasteiger partial charge < -0.3 is 9.72 Å². The summed E-state index contributed by atoms with van der Waals surface area (Å²) in [5.41, 5.74) is -0.120.